The van der Waals surface area contributed by atoms with Crippen molar-refractivity contribution in [3.05, 3.63) is 29.2 Å². The van der Waals surface area contributed by atoms with Crippen LogP contribution in [0, 0.1) is 13.8 Å². The summed E-state index contributed by atoms with van der Waals surface area (Å²) in [6, 6.07) is 0. The van der Waals surface area contributed by atoms with Gasteiger partial charge in [-0.15, -0.1) is 0 Å². The number of H-pyrrole nitrogens is 1. The molecule has 0 fully saturated rings. The van der Waals surface area contributed by atoms with Gasteiger partial charge in [0.15, 0.2) is 0 Å². The number of carbonyl (C=O) groups is 1. The molecular weight excluding hydrogens is 222 g/mol. The number of hydrogen-bond acceptors (Lipinski definition) is 5. The molecule has 0 aliphatic rings. The van der Waals surface area contributed by atoms with Crippen molar-refractivity contribution in [3.8, 4) is 0 Å². The molecule has 0 aromatic carbocycles. The maximum absolute atomic E-state index is 11.7. The molecule has 2 rings (SSSR count). The molecule has 2 N–H and O–H groups in total. The number of hydrogen-bond donors (Lipinski definition) is 2. The fourth-order valence-corrected chi connectivity index (χ4v) is 1.48. The summed E-state index contributed by atoms with van der Waals surface area (Å²) >= 11 is 0. The van der Waals surface area contributed by atoms with E-state index in [9.17, 15) is 4.79 Å². The highest BCUT2D eigenvalue weighted by Crippen LogP contribution is 2.12. The van der Waals surface area contributed by atoms with E-state index in [1.165, 1.54) is 6.33 Å². The average molecular weight is 235 g/mol. The summed E-state index contributed by atoms with van der Waals surface area (Å²) in [6.45, 7) is 3.94. The second kappa shape index (κ2) is 4.77. The molecule has 2 aromatic rings. The number of amides is 1. The smallest absolute Gasteiger partial charge is 0.224 e. The second-order valence-corrected chi connectivity index (χ2v) is 3.69. The van der Waals surface area contributed by atoms with E-state index in [0.717, 1.165) is 11.3 Å². The zero-order valence-corrected chi connectivity index (χ0v) is 9.65. The molecule has 0 atom stereocenters. The van der Waals surface area contributed by atoms with E-state index in [-0.39, 0.29) is 12.3 Å². The highest BCUT2D eigenvalue weighted by Gasteiger charge is 2.13. The molecular formula is C10H13N5O2. The molecule has 0 aliphatic carbocycles. The second-order valence-electron chi connectivity index (χ2n) is 3.69. The van der Waals surface area contributed by atoms with Crippen molar-refractivity contribution in [2.75, 3.05) is 0 Å². The first-order chi connectivity index (χ1) is 8.16. The van der Waals surface area contributed by atoms with Gasteiger partial charge in [-0.2, -0.15) is 5.10 Å². The Balaban J connectivity index is 1.89. The van der Waals surface area contributed by atoms with Crippen molar-refractivity contribution in [1.29, 1.82) is 0 Å². The lowest BCUT2D eigenvalue weighted by Crippen LogP contribution is -2.25. The molecule has 1 amide bonds. The molecule has 7 heteroatoms. The Morgan fingerprint density at radius 2 is 2.35 bits per heavy atom. The van der Waals surface area contributed by atoms with E-state index in [4.69, 9.17) is 4.52 Å². The Labute approximate surface area is 97.6 Å². The lowest BCUT2D eigenvalue weighted by molar-refractivity contribution is -0.120. The van der Waals surface area contributed by atoms with Gasteiger partial charge in [0.2, 0.25) is 5.91 Å². The van der Waals surface area contributed by atoms with E-state index >= 15 is 0 Å². The monoisotopic (exact) mass is 235 g/mol. The van der Waals surface area contributed by atoms with Crippen molar-refractivity contribution < 1.29 is 9.32 Å². The van der Waals surface area contributed by atoms with Crippen molar-refractivity contribution >= 4 is 5.91 Å². The van der Waals surface area contributed by atoms with Gasteiger partial charge < -0.3 is 9.84 Å². The van der Waals surface area contributed by atoms with Crippen LogP contribution in [0.4, 0.5) is 0 Å². The Morgan fingerprint density at radius 1 is 1.53 bits per heavy atom. The van der Waals surface area contributed by atoms with Crippen molar-refractivity contribution in [3.63, 3.8) is 0 Å². The molecule has 2 aromatic heterocycles. The highest BCUT2D eigenvalue weighted by atomic mass is 16.5. The van der Waals surface area contributed by atoms with Gasteiger partial charge in [0.25, 0.3) is 0 Å². The number of aryl methyl sites for hydroxylation is 2. The number of nitrogens with one attached hydrogen (secondary N) is 2. The number of rotatable bonds is 4. The summed E-state index contributed by atoms with van der Waals surface area (Å²) in [6.07, 6.45) is 1.66. The predicted octanol–water partition coefficient (Wildman–Crippen LogP) is 0.268. The lowest BCUT2D eigenvalue weighted by atomic mass is 10.1. The molecule has 0 bridgehead atoms. The van der Waals surface area contributed by atoms with Crippen LogP contribution in [0.25, 0.3) is 0 Å². The number of nitrogens with zero attached hydrogens (tertiary/aromatic N) is 3. The third-order valence-corrected chi connectivity index (χ3v) is 2.44. The number of aromatic nitrogens is 4. The van der Waals surface area contributed by atoms with Gasteiger partial charge in [-0.1, -0.05) is 5.16 Å². The summed E-state index contributed by atoms with van der Waals surface area (Å²) in [5.41, 5.74) is 1.58. The first-order valence-electron chi connectivity index (χ1n) is 5.19. The van der Waals surface area contributed by atoms with E-state index < -0.39 is 0 Å². The molecule has 2 heterocycles. The Morgan fingerprint density at radius 3 is 2.94 bits per heavy atom. The molecule has 0 spiro atoms. The van der Waals surface area contributed by atoms with E-state index in [2.05, 4.69) is 25.7 Å². The SMILES string of the molecule is Cc1noc(C)c1CC(=O)NCc1ncn[nH]1. The zero-order valence-electron chi connectivity index (χ0n) is 9.65. The van der Waals surface area contributed by atoms with Crippen LogP contribution in [0.15, 0.2) is 10.9 Å². The van der Waals surface area contributed by atoms with Gasteiger partial charge in [-0.05, 0) is 13.8 Å². The molecule has 0 saturated heterocycles. The molecule has 0 aliphatic heterocycles. The third-order valence-electron chi connectivity index (χ3n) is 2.44. The summed E-state index contributed by atoms with van der Waals surface area (Å²) in [7, 11) is 0. The van der Waals surface area contributed by atoms with Crippen LogP contribution in [0.1, 0.15) is 22.8 Å². The standard InChI is InChI=1S/C10H13N5O2/c1-6-8(7(2)17-15-6)3-10(16)11-4-9-12-5-13-14-9/h5H,3-4H2,1-2H3,(H,11,16)(H,12,13,14). The topological polar surface area (TPSA) is 96.7 Å². The summed E-state index contributed by atoms with van der Waals surface area (Å²) < 4.78 is 4.99. The van der Waals surface area contributed by atoms with Crippen molar-refractivity contribution in [2.45, 2.75) is 26.8 Å². The van der Waals surface area contributed by atoms with Gasteiger partial charge >= 0.3 is 0 Å². The minimum atomic E-state index is -0.101. The fourth-order valence-electron chi connectivity index (χ4n) is 1.48. The minimum Gasteiger partial charge on any atom is -0.361 e. The maximum atomic E-state index is 11.7. The lowest BCUT2D eigenvalue weighted by Gasteiger charge is -2.02. The van der Waals surface area contributed by atoms with Crippen LogP contribution >= 0.6 is 0 Å². The predicted molar refractivity (Wildman–Crippen MR) is 57.9 cm³/mol. The largest absolute Gasteiger partial charge is 0.361 e. The van der Waals surface area contributed by atoms with Gasteiger partial charge in [0, 0.05) is 5.56 Å². The first-order valence-corrected chi connectivity index (χ1v) is 5.19. The van der Waals surface area contributed by atoms with Crippen LogP contribution in [0.3, 0.4) is 0 Å². The molecule has 0 unspecified atom stereocenters. The summed E-state index contributed by atoms with van der Waals surface area (Å²) in [5, 5.41) is 12.9. The third kappa shape index (κ3) is 2.68. The first kappa shape index (κ1) is 11.3. The summed E-state index contributed by atoms with van der Waals surface area (Å²) in [4.78, 5) is 15.6. The van der Waals surface area contributed by atoms with Crippen molar-refractivity contribution in [1.82, 2.24) is 25.7 Å². The quantitative estimate of drug-likeness (QED) is 0.792. The summed E-state index contributed by atoms with van der Waals surface area (Å²) in [5.74, 6) is 1.20. The van der Waals surface area contributed by atoms with Crippen LogP contribution in [-0.2, 0) is 17.8 Å². The van der Waals surface area contributed by atoms with E-state index in [0.29, 0.717) is 18.1 Å². The molecule has 0 saturated carbocycles. The van der Waals surface area contributed by atoms with Crippen LogP contribution in [0.5, 0.6) is 0 Å². The van der Waals surface area contributed by atoms with Crippen LogP contribution < -0.4 is 5.32 Å². The van der Waals surface area contributed by atoms with Gasteiger partial charge in [0.05, 0.1) is 18.7 Å². The Hall–Kier alpha value is -2.18. The van der Waals surface area contributed by atoms with E-state index in [1.807, 2.05) is 6.92 Å². The number of aromatic amines is 1. The molecule has 17 heavy (non-hydrogen) atoms. The fraction of sp³-hybridized carbons (Fsp3) is 0.400. The normalized spacial score (nSPS) is 10.5. The van der Waals surface area contributed by atoms with Gasteiger partial charge in [-0.3, -0.25) is 9.89 Å². The zero-order chi connectivity index (χ0) is 12.3. The average Bonchev–Trinajstić information content (AvgIpc) is 2.91. The Kier molecular flexibility index (Phi) is 3.17. The Bertz CT molecular complexity index is 483. The molecule has 0 radical (unpaired) electrons. The minimum absolute atomic E-state index is 0.101. The van der Waals surface area contributed by atoms with Crippen LogP contribution in [-0.4, -0.2) is 26.2 Å². The van der Waals surface area contributed by atoms with E-state index in [1.54, 1.807) is 6.92 Å². The molecule has 7 nitrogen and oxygen atoms in total. The van der Waals surface area contributed by atoms with Gasteiger partial charge in [-0.25, -0.2) is 4.98 Å². The number of carbonyl (C=O) groups excluding carboxylic acids is 1. The van der Waals surface area contributed by atoms with Crippen LogP contribution in [0.2, 0.25) is 0 Å². The maximum Gasteiger partial charge on any atom is 0.224 e. The molecule has 90 valence electrons. The van der Waals surface area contributed by atoms with Gasteiger partial charge in [0.1, 0.15) is 17.9 Å². The highest BCUT2D eigenvalue weighted by molar-refractivity contribution is 5.78. The van der Waals surface area contributed by atoms with Crippen molar-refractivity contribution in [2.24, 2.45) is 0 Å².